The lowest BCUT2D eigenvalue weighted by Crippen LogP contribution is -2.19. The number of halogens is 1. The number of benzene rings is 1. The first-order valence-corrected chi connectivity index (χ1v) is 5.86. The van der Waals surface area contributed by atoms with Gasteiger partial charge in [-0.3, -0.25) is 0 Å². The summed E-state index contributed by atoms with van der Waals surface area (Å²) in [4.78, 5) is 0. The highest BCUT2D eigenvalue weighted by atomic mass is 19.1. The predicted molar refractivity (Wildman–Crippen MR) is 57.9 cm³/mol. The number of hydrogen-bond acceptors (Lipinski definition) is 1. The van der Waals surface area contributed by atoms with Crippen molar-refractivity contribution >= 4 is 0 Å². The third-order valence-electron chi connectivity index (χ3n) is 3.83. The molecule has 1 nitrogen and oxygen atoms in total. The first-order valence-electron chi connectivity index (χ1n) is 5.86. The Bertz CT molecular complexity index is 369. The van der Waals surface area contributed by atoms with Crippen molar-refractivity contribution in [1.29, 1.82) is 0 Å². The Morgan fingerprint density at radius 3 is 2.80 bits per heavy atom. The van der Waals surface area contributed by atoms with Crippen molar-refractivity contribution in [1.82, 2.24) is 5.32 Å². The summed E-state index contributed by atoms with van der Waals surface area (Å²) < 4.78 is 13.2. The van der Waals surface area contributed by atoms with Gasteiger partial charge < -0.3 is 5.32 Å². The van der Waals surface area contributed by atoms with Gasteiger partial charge in [0.05, 0.1) is 0 Å². The zero-order valence-electron chi connectivity index (χ0n) is 8.80. The molecular weight excluding hydrogens is 189 g/mol. The van der Waals surface area contributed by atoms with Gasteiger partial charge >= 0.3 is 0 Å². The van der Waals surface area contributed by atoms with Crippen LogP contribution in [-0.2, 0) is 6.54 Å². The minimum absolute atomic E-state index is 0.0968. The zero-order chi connectivity index (χ0) is 10.3. The summed E-state index contributed by atoms with van der Waals surface area (Å²) in [6.45, 7) is 0.913. The summed E-state index contributed by atoms with van der Waals surface area (Å²) in [7, 11) is 0. The van der Waals surface area contributed by atoms with Crippen LogP contribution < -0.4 is 5.32 Å². The van der Waals surface area contributed by atoms with Crippen LogP contribution in [0, 0.1) is 11.7 Å². The van der Waals surface area contributed by atoms with Crippen LogP contribution in [0.1, 0.15) is 42.9 Å². The molecule has 1 heterocycles. The average Bonchev–Trinajstić information content (AvgIpc) is 2.83. The van der Waals surface area contributed by atoms with Crippen molar-refractivity contribution < 1.29 is 4.39 Å². The molecule has 1 aliphatic carbocycles. The van der Waals surface area contributed by atoms with Gasteiger partial charge in [0.2, 0.25) is 0 Å². The molecule has 0 bridgehead atoms. The number of fused-ring (bicyclic) bond motifs is 1. The number of rotatable bonds is 1. The first kappa shape index (κ1) is 9.34. The lowest BCUT2D eigenvalue weighted by atomic mass is 9.92. The molecule has 1 fully saturated rings. The van der Waals surface area contributed by atoms with Gasteiger partial charge in [0.15, 0.2) is 0 Å². The molecular formula is C13H16FN. The summed E-state index contributed by atoms with van der Waals surface area (Å²) >= 11 is 0. The summed E-state index contributed by atoms with van der Waals surface area (Å²) in [5, 5.41) is 3.52. The van der Waals surface area contributed by atoms with Gasteiger partial charge in [-0.2, -0.15) is 0 Å². The summed E-state index contributed by atoms with van der Waals surface area (Å²) in [5.41, 5.74) is 2.50. The summed E-state index contributed by atoms with van der Waals surface area (Å²) in [6, 6.07) is 5.63. The maximum atomic E-state index is 13.2. The maximum absolute atomic E-state index is 13.2. The molecule has 0 saturated heterocycles. The molecule has 1 saturated carbocycles. The highest BCUT2D eigenvalue weighted by molar-refractivity contribution is 5.35. The Morgan fingerprint density at radius 1 is 1.20 bits per heavy atom. The highest BCUT2D eigenvalue weighted by Crippen LogP contribution is 2.39. The molecule has 80 valence electrons. The molecule has 0 aromatic heterocycles. The molecule has 1 aromatic rings. The molecule has 0 spiro atoms. The van der Waals surface area contributed by atoms with Crippen molar-refractivity contribution in [3.63, 3.8) is 0 Å². The van der Waals surface area contributed by atoms with E-state index in [4.69, 9.17) is 0 Å². The fourth-order valence-corrected chi connectivity index (χ4v) is 3.06. The normalized spacial score (nSPS) is 25.8. The Balaban J connectivity index is 1.92. The standard InChI is InChI=1S/C13H16FN/c14-11-6-5-10-8-15-13(12(10)7-11)9-3-1-2-4-9/h5-7,9,13,15H,1-4,8H2. The van der Waals surface area contributed by atoms with Crippen LogP contribution in [0.4, 0.5) is 4.39 Å². The Labute approximate surface area is 89.7 Å². The van der Waals surface area contributed by atoms with Gasteiger partial charge in [0.25, 0.3) is 0 Å². The molecule has 1 N–H and O–H groups in total. The van der Waals surface area contributed by atoms with E-state index in [2.05, 4.69) is 5.32 Å². The molecule has 3 rings (SSSR count). The van der Waals surface area contributed by atoms with E-state index in [1.165, 1.54) is 36.8 Å². The first-order chi connectivity index (χ1) is 7.34. The molecule has 0 radical (unpaired) electrons. The fraction of sp³-hybridized carbons (Fsp3) is 0.538. The van der Waals surface area contributed by atoms with Gasteiger partial charge in [0, 0.05) is 12.6 Å². The van der Waals surface area contributed by atoms with Crippen molar-refractivity contribution in [3.05, 3.63) is 35.1 Å². The minimum atomic E-state index is -0.0968. The Morgan fingerprint density at radius 2 is 2.00 bits per heavy atom. The van der Waals surface area contributed by atoms with Gasteiger partial charge in [-0.05, 0) is 42.0 Å². The molecule has 15 heavy (non-hydrogen) atoms. The van der Waals surface area contributed by atoms with Crippen LogP contribution in [0.2, 0.25) is 0 Å². The van der Waals surface area contributed by atoms with E-state index >= 15 is 0 Å². The summed E-state index contributed by atoms with van der Waals surface area (Å²) in [5.74, 6) is 0.633. The van der Waals surface area contributed by atoms with Gasteiger partial charge in [0.1, 0.15) is 5.82 Å². The molecule has 1 unspecified atom stereocenters. The van der Waals surface area contributed by atoms with Gasteiger partial charge in [-0.1, -0.05) is 18.9 Å². The van der Waals surface area contributed by atoms with Crippen LogP contribution in [0.25, 0.3) is 0 Å². The molecule has 2 aliphatic rings. The number of nitrogens with one attached hydrogen (secondary N) is 1. The van der Waals surface area contributed by atoms with E-state index in [0.29, 0.717) is 6.04 Å². The molecule has 1 aromatic carbocycles. The second kappa shape index (κ2) is 3.60. The molecule has 1 aliphatic heterocycles. The highest BCUT2D eigenvalue weighted by Gasteiger charge is 2.31. The van der Waals surface area contributed by atoms with E-state index in [0.717, 1.165) is 12.5 Å². The lowest BCUT2D eigenvalue weighted by Gasteiger charge is -2.19. The number of hydrogen-bond donors (Lipinski definition) is 1. The van der Waals surface area contributed by atoms with E-state index in [1.807, 2.05) is 6.07 Å². The van der Waals surface area contributed by atoms with Crippen LogP contribution in [-0.4, -0.2) is 0 Å². The predicted octanol–water partition coefficient (Wildman–Crippen LogP) is 3.16. The van der Waals surface area contributed by atoms with Crippen molar-refractivity contribution in [3.8, 4) is 0 Å². The molecule has 1 atom stereocenters. The van der Waals surface area contributed by atoms with Crippen LogP contribution in [0.15, 0.2) is 18.2 Å². The Kier molecular flexibility index (Phi) is 2.24. The Hall–Kier alpha value is -0.890. The zero-order valence-corrected chi connectivity index (χ0v) is 8.80. The maximum Gasteiger partial charge on any atom is 0.123 e. The second-order valence-corrected chi connectivity index (χ2v) is 4.75. The third-order valence-corrected chi connectivity index (χ3v) is 3.83. The van der Waals surface area contributed by atoms with E-state index in [-0.39, 0.29) is 5.82 Å². The fourth-order valence-electron chi connectivity index (χ4n) is 3.06. The molecule has 0 amide bonds. The van der Waals surface area contributed by atoms with Crippen molar-refractivity contribution in [2.45, 2.75) is 38.3 Å². The van der Waals surface area contributed by atoms with Crippen LogP contribution in [0.5, 0.6) is 0 Å². The smallest absolute Gasteiger partial charge is 0.123 e. The molecule has 2 heteroatoms. The third kappa shape index (κ3) is 1.57. The van der Waals surface area contributed by atoms with Crippen molar-refractivity contribution in [2.75, 3.05) is 0 Å². The van der Waals surface area contributed by atoms with Crippen molar-refractivity contribution in [2.24, 2.45) is 5.92 Å². The van der Waals surface area contributed by atoms with Gasteiger partial charge in [-0.15, -0.1) is 0 Å². The van der Waals surface area contributed by atoms with Gasteiger partial charge in [-0.25, -0.2) is 4.39 Å². The van der Waals surface area contributed by atoms with E-state index in [9.17, 15) is 4.39 Å². The topological polar surface area (TPSA) is 12.0 Å². The second-order valence-electron chi connectivity index (χ2n) is 4.75. The average molecular weight is 205 g/mol. The SMILES string of the molecule is Fc1ccc2c(c1)C(C1CCCC1)NC2. The summed E-state index contributed by atoms with van der Waals surface area (Å²) in [6.07, 6.45) is 5.28. The lowest BCUT2D eigenvalue weighted by molar-refractivity contribution is 0.389. The monoisotopic (exact) mass is 205 g/mol. The van der Waals surface area contributed by atoms with E-state index in [1.54, 1.807) is 12.1 Å². The van der Waals surface area contributed by atoms with Crippen LogP contribution >= 0.6 is 0 Å². The van der Waals surface area contributed by atoms with Crippen LogP contribution in [0.3, 0.4) is 0 Å². The minimum Gasteiger partial charge on any atom is -0.306 e. The largest absolute Gasteiger partial charge is 0.306 e. The van der Waals surface area contributed by atoms with E-state index < -0.39 is 0 Å². The quantitative estimate of drug-likeness (QED) is 0.742.